The fraction of sp³-hybridized carbons (Fsp3) is 0.733. The second kappa shape index (κ2) is 9.08. The molecule has 0 atom stereocenters. The zero-order valence-electron chi connectivity index (χ0n) is 12.0. The quantitative estimate of drug-likeness (QED) is 0.549. The van der Waals surface area contributed by atoms with Crippen molar-refractivity contribution in [1.29, 1.82) is 0 Å². The largest absolute Gasteiger partial charge is 0.393 e. The van der Waals surface area contributed by atoms with Gasteiger partial charge in [0.05, 0.1) is 4.99 Å². The summed E-state index contributed by atoms with van der Waals surface area (Å²) in [7, 11) is 0. The van der Waals surface area contributed by atoms with Crippen molar-refractivity contribution < 1.29 is 4.79 Å². The average Bonchev–Trinajstić information content (AvgIpc) is 2.40. The van der Waals surface area contributed by atoms with Crippen molar-refractivity contribution in [3.05, 3.63) is 11.6 Å². The van der Waals surface area contributed by atoms with Crippen LogP contribution in [0, 0.1) is 0 Å². The van der Waals surface area contributed by atoms with Gasteiger partial charge in [0, 0.05) is 25.9 Å². The standard InChI is InChI=1S/C15H26N2OS/c1-2-6-15(18)17(12-10-14(16)19)11-9-13-7-4-3-5-8-13/h7H,2-6,8-12H2,1H3,(H2,16,19). The number of carbonyl (C=O) groups excluding carboxylic acids is 1. The number of hydrogen-bond acceptors (Lipinski definition) is 2. The first-order valence-electron chi connectivity index (χ1n) is 7.37. The highest BCUT2D eigenvalue weighted by Crippen LogP contribution is 2.20. The van der Waals surface area contributed by atoms with Gasteiger partial charge in [-0.25, -0.2) is 0 Å². The lowest BCUT2D eigenvalue weighted by molar-refractivity contribution is -0.131. The highest BCUT2D eigenvalue weighted by Gasteiger charge is 2.13. The van der Waals surface area contributed by atoms with E-state index in [9.17, 15) is 4.79 Å². The maximum absolute atomic E-state index is 12.1. The molecule has 1 aliphatic carbocycles. The highest BCUT2D eigenvalue weighted by atomic mass is 32.1. The number of allylic oxidation sites excluding steroid dienone is 1. The van der Waals surface area contributed by atoms with Crippen LogP contribution in [-0.2, 0) is 4.79 Å². The Labute approximate surface area is 122 Å². The number of carbonyl (C=O) groups is 1. The predicted octanol–water partition coefficient (Wildman–Crippen LogP) is 3.18. The number of hydrogen-bond donors (Lipinski definition) is 1. The van der Waals surface area contributed by atoms with Crippen molar-refractivity contribution >= 4 is 23.1 Å². The lowest BCUT2D eigenvalue weighted by Gasteiger charge is -2.24. The molecule has 19 heavy (non-hydrogen) atoms. The van der Waals surface area contributed by atoms with Gasteiger partial charge in [-0.05, 0) is 38.5 Å². The van der Waals surface area contributed by atoms with E-state index >= 15 is 0 Å². The third-order valence-electron chi connectivity index (χ3n) is 3.53. The molecule has 0 fully saturated rings. The van der Waals surface area contributed by atoms with E-state index in [0.29, 0.717) is 24.4 Å². The maximum Gasteiger partial charge on any atom is 0.222 e. The van der Waals surface area contributed by atoms with E-state index in [1.807, 2.05) is 11.8 Å². The van der Waals surface area contributed by atoms with Crippen molar-refractivity contribution in [2.75, 3.05) is 13.1 Å². The van der Waals surface area contributed by atoms with Crippen LogP contribution in [0.2, 0.25) is 0 Å². The number of rotatable bonds is 8. The van der Waals surface area contributed by atoms with Crippen LogP contribution in [-0.4, -0.2) is 28.9 Å². The van der Waals surface area contributed by atoms with Gasteiger partial charge in [0.15, 0.2) is 0 Å². The summed E-state index contributed by atoms with van der Waals surface area (Å²) in [6.07, 6.45) is 10.5. The SMILES string of the molecule is CCCC(=O)N(CCC(N)=S)CCC1=CCCCC1. The smallest absolute Gasteiger partial charge is 0.222 e. The summed E-state index contributed by atoms with van der Waals surface area (Å²) in [6.45, 7) is 3.52. The van der Waals surface area contributed by atoms with Gasteiger partial charge in [-0.3, -0.25) is 4.79 Å². The van der Waals surface area contributed by atoms with Gasteiger partial charge in [-0.1, -0.05) is 30.8 Å². The summed E-state index contributed by atoms with van der Waals surface area (Å²) in [5, 5.41) is 0. The van der Waals surface area contributed by atoms with Crippen LogP contribution in [0.5, 0.6) is 0 Å². The van der Waals surface area contributed by atoms with Crippen LogP contribution in [0.25, 0.3) is 0 Å². The fourth-order valence-electron chi connectivity index (χ4n) is 2.39. The number of thiocarbonyl (C=S) groups is 1. The minimum Gasteiger partial charge on any atom is -0.393 e. The van der Waals surface area contributed by atoms with Crippen LogP contribution in [0.1, 0.15) is 58.3 Å². The Morgan fingerprint density at radius 3 is 2.74 bits per heavy atom. The molecule has 3 nitrogen and oxygen atoms in total. The fourth-order valence-corrected chi connectivity index (χ4v) is 2.48. The predicted molar refractivity (Wildman–Crippen MR) is 84.1 cm³/mol. The van der Waals surface area contributed by atoms with Gasteiger partial charge < -0.3 is 10.6 Å². The van der Waals surface area contributed by atoms with E-state index in [1.165, 1.54) is 31.3 Å². The molecule has 0 saturated carbocycles. The Hall–Kier alpha value is -0.900. The van der Waals surface area contributed by atoms with Gasteiger partial charge in [0.2, 0.25) is 5.91 Å². The molecular formula is C15H26N2OS. The Kier molecular flexibility index (Phi) is 7.72. The maximum atomic E-state index is 12.1. The minimum atomic E-state index is 0.232. The molecule has 0 saturated heterocycles. The summed E-state index contributed by atoms with van der Waals surface area (Å²) in [5.74, 6) is 0.232. The molecule has 1 amide bonds. The molecule has 0 aromatic rings. The van der Waals surface area contributed by atoms with E-state index in [-0.39, 0.29) is 5.91 Å². The van der Waals surface area contributed by atoms with Gasteiger partial charge in [-0.2, -0.15) is 0 Å². The molecule has 0 unspecified atom stereocenters. The summed E-state index contributed by atoms with van der Waals surface area (Å²) >= 11 is 4.90. The monoisotopic (exact) mass is 282 g/mol. The molecule has 4 heteroatoms. The zero-order chi connectivity index (χ0) is 14.1. The molecule has 0 aromatic carbocycles. The van der Waals surface area contributed by atoms with Gasteiger partial charge in [-0.15, -0.1) is 0 Å². The highest BCUT2D eigenvalue weighted by molar-refractivity contribution is 7.80. The number of nitrogens with zero attached hydrogens (tertiary/aromatic N) is 1. The van der Waals surface area contributed by atoms with Crippen molar-refractivity contribution in [3.8, 4) is 0 Å². The van der Waals surface area contributed by atoms with E-state index in [2.05, 4.69) is 6.08 Å². The summed E-state index contributed by atoms with van der Waals surface area (Å²) in [5.41, 5.74) is 7.05. The number of amides is 1. The second-order valence-electron chi connectivity index (χ2n) is 5.21. The molecule has 0 aliphatic heterocycles. The van der Waals surface area contributed by atoms with Crippen LogP contribution < -0.4 is 5.73 Å². The average molecular weight is 282 g/mol. The zero-order valence-corrected chi connectivity index (χ0v) is 12.8. The van der Waals surface area contributed by atoms with Gasteiger partial charge >= 0.3 is 0 Å². The van der Waals surface area contributed by atoms with Gasteiger partial charge in [0.25, 0.3) is 0 Å². The molecule has 108 valence electrons. The molecule has 0 heterocycles. The molecular weight excluding hydrogens is 256 g/mol. The molecule has 0 aromatic heterocycles. The van der Waals surface area contributed by atoms with Crippen molar-refractivity contribution in [2.24, 2.45) is 5.73 Å². The third-order valence-corrected chi connectivity index (χ3v) is 3.74. The minimum absolute atomic E-state index is 0.232. The normalized spacial score (nSPS) is 14.9. The first-order chi connectivity index (χ1) is 9.13. The van der Waals surface area contributed by atoms with E-state index < -0.39 is 0 Å². The van der Waals surface area contributed by atoms with Crippen LogP contribution in [0.15, 0.2) is 11.6 Å². The topological polar surface area (TPSA) is 46.3 Å². The van der Waals surface area contributed by atoms with E-state index in [0.717, 1.165) is 19.4 Å². The first-order valence-corrected chi connectivity index (χ1v) is 7.78. The molecule has 0 spiro atoms. The Morgan fingerprint density at radius 1 is 1.37 bits per heavy atom. The summed E-state index contributed by atoms with van der Waals surface area (Å²) in [6, 6.07) is 0. The molecule has 1 rings (SSSR count). The van der Waals surface area contributed by atoms with Crippen molar-refractivity contribution in [3.63, 3.8) is 0 Å². The van der Waals surface area contributed by atoms with Crippen molar-refractivity contribution in [1.82, 2.24) is 4.90 Å². The molecule has 0 radical (unpaired) electrons. The van der Waals surface area contributed by atoms with E-state index in [1.54, 1.807) is 0 Å². The Balaban J connectivity index is 2.45. The summed E-state index contributed by atoms with van der Waals surface area (Å²) in [4.78, 5) is 14.5. The van der Waals surface area contributed by atoms with Gasteiger partial charge in [0.1, 0.15) is 0 Å². The lowest BCUT2D eigenvalue weighted by atomic mass is 9.97. The molecule has 1 aliphatic rings. The third kappa shape index (κ3) is 6.71. The Bertz CT molecular complexity index is 339. The Morgan fingerprint density at radius 2 is 2.16 bits per heavy atom. The van der Waals surface area contributed by atoms with E-state index in [4.69, 9.17) is 18.0 Å². The van der Waals surface area contributed by atoms with Crippen LogP contribution in [0.4, 0.5) is 0 Å². The van der Waals surface area contributed by atoms with Crippen LogP contribution >= 0.6 is 12.2 Å². The summed E-state index contributed by atoms with van der Waals surface area (Å²) < 4.78 is 0. The van der Waals surface area contributed by atoms with Crippen LogP contribution in [0.3, 0.4) is 0 Å². The number of nitrogens with two attached hydrogens (primary N) is 1. The molecule has 2 N–H and O–H groups in total. The second-order valence-corrected chi connectivity index (χ2v) is 5.73. The lowest BCUT2D eigenvalue weighted by Crippen LogP contribution is -2.34. The molecule has 0 bridgehead atoms. The first kappa shape index (κ1) is 16.2. The van der Waals surface area contributed by atoms with Crippen molar-refractivity contribution in [2.45, 2.75) is 58.3 Å².